The maximum Gasteiger partial charge on any atom is 0.323 e. The van der Waals surface area contributed by atoms with Gasteiger partial charge in [-0.15, -0.1) is 0 Å². The van der Waals surface area contributed by atoms with Crippen molar-refractivity contribution in [2.45, 2.75) is 57.6 Å². The molecule has 0 spiro atoms. The molecule has 1 heterocycles. The summed E-state index contributed by atoms with van der Waals surface area (Å²) in [6.45, 7) is 1.74. The molecule has 1 saturated carbocycles. The van der Waals surface area contributed by atoms with Gasteiger partial charge < -0.3 is 14.7 Å². The molecule has 8 nitrogen and oxygen atoms in total. The zero-order valence-corrected chi connectivity index (χ0v) is 15.5. The Morgan fingerprint density at radius 3 is 2.28 bits per heavy atom. The molecule has 2 rings (SSSR count). The second-order valence-electron chi connectivity index (χ2n) is 6.66. The summed E-state index contributed by atoms with van der Waals surface area (Å²) < 4.78 is 30.9. The van der Waals surface area contributed by atoms with Gasteiger partial charge in [-0.25, -0.2) is 12.7 Å². The van der Waals surface area contributed by atoms with Crippen LogP contribution in [0.5, 0.6) is 0 Å². The number of carboxylic acids is 1. The van der Waals surface area contributed by atoms with Gasteiger partial charge in [0.25, 0.3) is 0 Å². The summed E-state index contributed by atoms with van der Waals surface area (Å²) in [6, 6.07) is -0.265. The normalized spacial score (nSPS) is 20.7. The first-order chi connectivity index (χ1) is 11.8. The Morgan fingerprint density at radius 2 is 1.76 bits per heavy atom. The van der Waals surface area contributed by atoms with Crippen molar-refractivity contribution in [1.82, 2.24) is 9.21 Å². The van der Waals surface area contributed by atoms with Gasteiger partial charge in [0.05, 0.1) is 11.9 Å². The first kappa shape index (κ1) is 20.1. The lowest BCUT2D eigenvalue weighted by Gasteiger charge is -2.37. The van der Waals surface area contributed by atoms with Crippen LogP contribution in [0.25, 0.3) is 0 Å². The van der Waals surface area contributed by atoms with E-state index in [0.29, 0.717) is 25.9 Å². The van der Waals surface area contributed by atoms with Crippen molar-refractivity contribution in [3.8, 4) is 0 Å². The van der Waals surface area contributed by atoms with Crippen molar-refractivity contribution in [2.75, 3.05) is 32.0 Å². The van der Waals surface area contributed by atoms with Crippen LogP contribution in [0.2, 0.25) is 0 Å². The van der Waals surface area contributed by atoms with E-state index in [1.165, 1.54) is 9.21 Å². The molecule has 1 saturated heterocycles. The minimum atomic E-state index is -3.25. The van der Waals surface area contributed by atoms with E-state index in [0.717, 1.165) is 25.7 Å². The monoisotopic (exact) mass is 376 g/mol. The standard InChI is InChI=1S/C16H28N2O6S/c1-2-25(22,23)17-9-7-13(8-10-17)18(11-16(20)21)15(19)12-24-14-5-3-4-6-14/h13-14H,2-12H2,1H3,(H,20,21). The minimum Gasteiger partial charge on any atom is -0.480 e. The molecule has 0 aromatic carbocycles. The van der Waals surface area contributed by atoms with E-state index >= 15 is 0 Å². The van der Waals surface area contributed by atoms with E-state index in [1.807, 2.05) is 0 Å². The highest BCUT2D eigenvalue weighted by Gasteiger charge is 2.33. The summed E-state index contributed by atoms with van der Waals surface area (Å²) in [5.74, 6) is -1.35. The zero-order valence-electron chi connectivity index (χ0n) is 14.7. The van der Waals surface area contributed by atoms with E-state index in [4.69, 9.17) is 9.84 Å². The number of piperidine rings is 1. The Hall–Kier alpha value is -1.19. The topological polar surface area (TPSA) is 104 Å². The number of aliphatic carboxylic acids is 1. The summed E-state index contributed by atoms with van der Waals surface area (Å²) in [7, 11) is -3.25. The molecule has 0 aromatic rings. The van der Waals surface area contributed by atoms with Gasteiger partial charge in [0.15, 0.2) is 0 Å². The molecular formula is C16H28N2O6S. The van der Waals surface area contributed by atoms with Crippen LogP contribution in [-0.2, 0) is 24.3 Å². The molecule has 2 fully saturated rings. The van der Waals surface area contributed by atoms with Crippen LogP contribution in [0.1, 0.15) is 45.4 Å². The Bertz CT molecular complexity index is 565. The third kappa shape index (κ3) is 5.65. The third-order valence-corrected chi connectivity index (χ3v) is 6.87. The minimum absolute atomic E-state index is 0.0463. The first-order valence-electron chi connectivity index (χ1n) is 8.94. The summed E-state index contributed by atoms with van der Waals surface area (Å²) in [4.78, 5) is 25.0. The SMILES string of the molecule is CCS(=O)(=O)N1CCC(N(CC(=O)O)C(=O)COC2CCCC2)CC1. The quantitative estimate of drug-likeness (QED) is 0.668. The molecule has 0 bridgehead atoms. The molecule has 25 heavy (non-hydrogen) atoms. The Labute approximate surface area is 149 Å². The number of nitrogens with zero attached hydrogens (tertiary/aromatic N) is 2. The second-order valence-corrected chi connectivity index (χ2v) is 8.92. The number of ether oxygens (including phenoxy) is 1. The van der Waals surface area contributed by atoms with Crippen LogP contribution in [-0.4, -0.2) is 78.7 Å². The van der Waals surface area contributed by atoms with E-state index < -0.39 is 16.0 Å². The number of hydrogen-bond acceptors (Lipinski definition) is 5. The van der Waals surface area contributed by atoms with Gasteiger partial charge in [0, 0.05) is 19.1 Å². The van der Waals surface area contributed by atoms with Gasteiger partial charge in [-0.1, -0.05) is 12.8 Å². The first-order valence-corrected chi connectivity index (χ1v) is 10.5. The number of hydrogen-bond donors (Lipinski definition) is 1. The van der Waals surface area contributed by atoms with Crippen LogP contribution in [0.15, 0.2) is 0 Å². The van der Waals surface area contributed by atoms with Crippen LogP contribution in [0.4, 0.5) is 0 Å². The average Bonchev–Trinajstić information content (AvgIpc) is 3.11. The predicted octanol–water partition coefficient (Wildman–Crippen LogP) is 0.673. The number of rotatable bonds is 8. The highest BCUT2D eigenvalue weighted by atomic mass is 32.2. The Kier molecular flexibility index (Phi) is 7.21. The van der Waals surface area contributed by atoms with E-state index in [9.17, 15) is 18.0 Å². The lowest BCUT2D eigenvalue weighted by atomic mass is 10.0. The Balaban J connectivity index is 1.92. The van der Waals surface area contributed by atoms with Crippen molar-refractivity contribution in [1.29, 1.82) is 0 Å². The molecule has 9 heteroatoms. The van der Waals surface area contributed by atoms with E-state index in [-0.39, 0.29) is 37.0 Å². The molecule has 1 aliphatic carbocycles. The highest BCUT2D eigenvalue weighted by Crippen LogP contribution is 2.22. The van der Waals surface area contributed by atoms with Crippen LogP contribution in [0, 0.1) is 0 Å². The smallest absolute Gasteiger partial charge is 0.323 e. The number of carboxylic acid groups (broad SMARTS) is 1. The molecule has 1 aliphatic heterocycles. The maximum atomic E-state index is 12.5. The lowest BCUT2D eigenvalue weighted by molar-refractivity contribution is -0.150. The van der Waals surface area contributed by atoms with Crippen molar-refractivity contribution >= 4 is 21.9 Å². The van der Waals surface area contributed by atoms with Crippen LogP contribution < -0.4 is 0 Å². The fourth-order valence-electron chi connectivity index (χ4n) is 3.51. The lowest BCUT2D eigenvalue weighted by Crippen LogP contribution is -2.51. The average molecular weight is 376 g/mol. The van der Waals surface area contributed by atoms with E-state index in [1.54, 1.807) is 6.92 Å². The molecule has 0 aromatic heterocycles. The van der Waals surface area contributed by atoms with Gasteiger partial charge in [-0.2, -0.15) is 0 Å². The van der Waals surface area contributed by atoms with Crippen LogP contribution in [0.3, 0.4) is 0 Å². The Morgan fingerprint density at radius 1 is 1.16 bits per heavy atom. The fourth-order valence-corrected chi connectivity index (χ4v) is 4.64. The summed E-state index contributed by atoms with van der Waals surface area (Å²) in [6.07, 6.45) is 5.07. The van der Waals surface area contributed by atoms with Gasteiger partial charge in [-0.3, -0.25) is 9.59 Å². The molecule has 0 radical (unpaired) electrons. The molecule has 0 atom stereocenters. The van der Waals surface area contributed by atoms with Gasteiger partial charge in [0.2, 0.25) is 15.9 Å². The third-order valence-electron chi connectivity index (χ3n) is 4.99. The highest BCUT2D eigenvalue weighted by molar-refractivity contribution is 7.89. The predicted molar refractivity (Wildman–Crippen MR) is 91.6 cm³/mol. The molecule has 2 aliphatic rings. The molecule has 0 unspecified atom stereocenters. The van der Waals surface area contributed by atoms with E-state index in [2.05, 4.69) is 0 Å². The second kappa shape index (κ2) is 8.95. The van der Waals surface area contributed by atoms with Crippen molar-refractivity contribution in [3.05, 3.63) is 0 Å². The molecule has 1 amide bonds. The van der Waals surface area contributed by atoms with Gasteiger partial charge in [0.1, 0.15) is 13.2 Å². The number of carbonyl (C=O) groups is 2. The maximum absolute atomic E-state index is 12.5. The number of sulfonamides is 1. The summed E-state index contributed by atoms with van der Waals surface area (Å²) in [5.41, 5.74) is 0. The zero-order chi connectivity index (χ0) is 18.4. The van der Waals surface area contributed by atoms with Gasteiger partial charge in [-0.05, 0) is 32.6 Å². The number of amides is 1. The fraction of sp³-hybridized carbons (Fsp3) is 0.875. The van der Waals surface area contributed by atoms with Crippen molar-refractivity contribution < 1.29 is 27.9 Å². The molecular weight excluding hydrogens is 348 g/mol. The molecule has 1 N–H and O–H groups in total. The number of carbonyl (C=O) groups excluding carboxylic acids is 1. The molecule has 144 valence electrons. The summed E-state index contributed by atoms with van der Waals surface area (Å²) >= 11 is 0. The van der Waals surface area contributed by atoms with Crippen molar-refractivity contribution in [3.63, 3.8) is 0 Å². The van der Waals surface area contributed by atoms with Crippen molar-refractivity contribution in [2.24, 2.45) is 0 Å². The largest absolute Gasteiger partial charge is 0.480 e. The van der Waals surface area contributed by atoms with Gasteiger partial charge >= 0.3 is 5.97 Å². The van der Waals surface area contributed by atoms with Crippen LogP contribution >= 0.6 is 0 Å². The summed E-state index contributed by atoms with van der Waals surface area (Å²) in [5, 5.41) is 9.12.